The van der Waals surface area contributed by atoms with Gasteiger partial charge < -0.3 is 4.57 Å². The van der Waals surface area contributed by atoms with Crippen LogP contribution in [0.25, 0.3) is 72.4 Å². The van der Waals surface area contributed by atoms with Crippen molar-refractivity contribution < 1.29 is 0 Å². The first-order valence-corrected chi connectivity index (χ1v) is 13.7. The maximum atomic E-state index is 5.01. The molecule has 0 aliphatic carbocycles. The van der Waals surface area contributed by atoms with Gasteiger partial charge in [-0.2, -0.15) is 0 Å². The van der Waals surface area contributed by atoms with E-state index < -0.39 is 0 Å². The summed E-state index contributed by atoms with van der Waals surface area (Å²) in [6, 6.07) is 50.3. The first-order valence-electron chi connectivity index (χ1n) is 13.7. The Balaban J connectivity index is 1.40. The Labute approximate surface area is 237 Å². The summed E-state index contributed by atoms with van der Waals surface area (Å²) in [5, 5.41) is 4.72. The number of rotatable bonds is 4. The topological polar surface area (TPSA) is 43.6 Å². The molecule has 0 N–H and O–H groups in total. The molecule has 0 unspecified atom stereocenters. The number of benzene rings is 6. The summed E-state index contributed by atoms with van der Waals surface area (Å²) < 4.78 is 2.37. The molecule has 0 radical (unpaired) electrons. The van der Waals surface area contributed by atoms with Crippen LogP contribution in [0.1, 0.15) is 0 Å². The van der Waals surface area contributed by atoms with Crippen LogP contribution in [0.5, 0.6) is 0 Å². The summed E-state index contributed by atoms with van der Waals surface area (Å²) in [6.45, 7) is 0. The Morgan fingerprint density at radius 2 is 0.780 bits per heavy atom. The lowest BCUT2D eigenvalue weighted by Gasteiger charge is -2.15. The molecule has 0 atom stereocenters. The van der Waals surface area contributed by atoms with E-state index in [1.54, 1.807) is 0 Å². The molecule has 0 spiro atoms. The van der Waals surface area contributed by atoms with Crippen LogP contribution < -0.4 is 0 Å². The minimum atomic E-state index is 0.655. The van der Waals surface area contributed by atoms with Crippen molar-refractivity contribution in [1.29, 1.82) is 0 Å². The van der Waals surface area contributed by atoms with Crippen molar-refractivity contribution in [2.45, 2.75) is 0 Å². The summed E-state index contributed by atoms with van der Waals surface area (Å²) in [5.41, 5.74) is 6.39. The number of hydrogen-bond acceptors (Lipinski definition) is 3. The molecular weight excluding hydrogens is 500 g/mol. The predicted octanol–water partition coefficient (Wildman–Crippen LogP) is 9.12. The molecule has 2 aromatic heterocycles. The van der Waals surface area contributed by atoms with E-state index >= 15 is 0 Å². The largest absolute Gasteiger partial charge is 0.309 e. The molecule has 0 aliphatic rings. The van der Waals surface area contributed by atoms with E-state index in [0.717, 1.165) is 33.2 Å². The van der Waals surface area contributed by atoms with Gasteiger partial charge >= 0.3 is 0 Å². The molecule has 0 saturated carbocycles. The molecule has 0 bridgehead atoms. The van der Waals surface area contributed by atoms with Gasteiger partial charge in [-0.1, -0.05) is 121 Å². The molecule has 2 heterocycles. The third-order valence-corrected chi connectivity index (χ3v) is 7.66. The highest BCUT2D eigenvalue weighted by atomic mass is 15.0. The van der Waals surface area contributed by atoms with Gasteiger partial charge in [0, 0.05) is 32.8 Å². The van der Waals surface area contributed by atoms with Gasteiger partial charge in [0.25, 0.3) is 0 Å². The highest BCUT2D eigenvalue weighted by molar-refractivity contribution is 6.11. The molecule has 0 fully saturated rings. The van der Waals surface area contributed by atoms with Gasteiger partial charge in [-0.25, -0.2) is 15.0 Å². The second kappa shape index (κ2) is 9.54. The third kappa shape index (κ3) is 3.88. The normalized spacial score (nSPS) is 11.4. The van der Waals surface area contributed by atoms with Crippen LogP contribution in [0.3, 0.4) is 0 Å². The molecule has 0 amide bonds. The Kier molecular flexibility index (Phi) is 5.42. The molecule has 8 aromatic rings. The van der Waals surface area contributed by atoms with Crippen LogP contribution in [0.2, 0.25) is 0 Å². The minimum absolute atomic E-state index is 0.655. The Hall–Kier alpha value is -5.61. The van der Waals surface area contributed by atoms with Crippen molar-refractivity contribution >= 4 is 32.6 Å². The molecule has 0 saturated heterocycles. The quantitative estimate of drug-likeness (QED) is 0.231. The second-order valence-corrected chi connectivity index (χ2v) is 10.1. The zero-order valence-electron chi connectivity index (χ0n) is 22.1. The van der Waals surface area contributed by atoms with Crippen molar-refractivity contribution in [3.63, 3.8) is 0 Å². The van der Waals surface area contributed by atoms with Crippen LogP contribution in [0, 0.1) is 0 Å². The smallest absolute Gasteiger partial charge is 0.164 e. The average molecular weight is 525 g/mol. The fourth-order valence-electron chi connectivity index (χ4n) is 5.78. The lowest BCUT2D eigenvalue weighted by molar-refractivity contribution is 1.08. The van der Waals surface area contributed by atoms with Gasteiger partial charge in [0.1, 0.15) is 0 Å². The summed E-state index contributed by atoms with van der Waals surface area (Å²) >= 11 is 0. The predicted molar refractivity (Wildman–Crippen MR) is 168 cm³/mol. The fourth-order valence-corrected chi connectivity index (χ4v) is 5.78. The third-order valence-electron chi connectivity index (χ3n) is 7.66. The van der Waals surface area contributed by atoms with Gasteiger partial charge in [0.15, 0.2) is 17.5 Å². The molecular formula is C37H24N4. The Bertz CT molecular complexity index is 2090. The van der Waals surface area contributed by atoms with Gasteiger partial charge in [-0.3, -0.25) is 0 Å². The van der Waals surface area contributed by atoms with Crippen molar-refractivity contribution in [3.8, 4) is 39.9 Å². The lowest BCUT2D eigenvalue weighted by Crippen LogP contribution is -2.01. The van der Waals surface area contributed by atoms with Gasteiger partial charge in [0.2, 0.25) is 0 Å². The maximum Gasteiger partial charge on any atom is 0.164 e. The van der Waals surface area contributed by atoms with Gasteiger partial charge in [-0.15, -0.1) is 0 Å². The summed E-state index contributed by atoms with van der Waals surface area (Å²) in [5.74, 6) is 1.97. The zero-order chi connectivity index (χ0) is 27.2. The number of fused-ring (bicyclic) bond motifs is 4. The molecule has 41 heavy (non-hydrogen) atoms. The Morgan fingerprint density at radius 3 is 1.34 bits per heavy atom. The summed E-state index contributed by atoms with van der Waals surface area (Å²) in [6.07, 6.45) is 0. The summed E-state index contributed by atoms with van der Waals surface area (Å²) in [4.78, 5) is 14.9. The number of para-hydroxylation sites is 2. The van der Waals surface area contributed by atoms with E-state index in [-0.39, 0.29) is 0 Å². The SMILES string of the molecule is c1ccc(-c2nc(-c3ccccc3)nc(-c3ccc(-n4c5ccccc5c5ccccc54)c4ccccc34)n2)cc1. The standard InChI is InChI=1S/C37H24N4/c1-3-13-25(14-4-1)35-38-36(26-15-5-2-6-16-26)40-37(39-35)31-23-24-34(28-18-8-7-17-27(28)31)41-32-21-11-9-19-29(32)30-20-10-12-22-33(30)41/h1-24H. The first kappa shape index (κ1) is 23.3. The molecule has 8 rings (SSSR count). The van der Waals surface area contributed by atoms with Crippen molar-refractivity contribution in [2.24, 2.45) is 0 Å². The average Bonchev–Trinajstić information content (AvgIpc) is 3.39. The van der Waals surface area contributed by atoms with E-state index in [1.165, 1.54) is 21.8 Å². The zero-order valence-corrected chi connectivity index (χ0v) is 22.1. The van der Waals surface area contributed by atoms with Crippen LogP contribution in [0.15, 0.2) is 146 Å². The molecule has 4 nitrogen and oxygen atoms in total. The summed E-state index contributed by atoms with van der Waals surface area (Å²) in [7, 11) is 0. The van der Waals surface area contributed by atoms with Gasteiger partial charge in [0.05, 0.1) is 16.7 Å². The van der Waals surface area contributed by atoms with E-state index in [0.29, 0.717) is 17.5 Å². The lowest BCUT2D eigenvalue weighted by atomic mass is 10.0. The molecule has 6 aromatic carbocycles. The molecule has 0 aliphatic heterocycles. The second-order valence-electron chi connectivity index (χ2n) is 10.1. The highest BCUT2D eigenvalue weighted by Gasteiger charge is 2.18. The number of nitrogens with zero attached hydrogens (tertiary/aromatic N) is 4. The molecule has 192 valence electrons. The van der Waals surface area contributed by atoms with Crippen molar-refractivity contribution in [3.05, 3.63) is 146 Å². The monoisotopic (exact) mass is 524 g/mol. The van der Waals surface area contributed by atoms with Crippen molar-refractivity contribution in [2.75, 3.05) is 0 Å². The number of hydrogen-bond donors (Lipinski definition) is 0. The van der Waals surface area contributed by atoms with E-state index in [2.05, 4.69) is 89.5 Å². The molecule has 4 heteroatoms. The Morgan fingerprint density at radius 1 is 0.341 bits per heavy atom. The van der Waals surface area contributed by atoms with E-state index in [9.17, 15) is 0 Å². The fraction of sp³-hybridized carbons (Fsp3) is 0. The first-order chi connectivity index (χ1) is 20.3. The van der Waals surface area contributed by atoms with Crippen LogP contribution >= 0.6 is 0 Å². The van der Waals surface area contributed by atoms with Crippen molar-refractivity contribution in [1.82, 2.24) is 19.5 Å². The maximum absolute atomic E-state index is 5.01. The van der Waals surface area contributed by atoms with E-state index in [1.807, 2.05) is 60.7 Å². The van der Waals surface area contributed by atoms with Crippen LogP contribution in [0.4, 0.5) is 0 Å². The van der Waals surface area contributed by atoms with Crippen LogP contribution in [-0.2, 0) is 0 Å². The van der Waals surface area contributed by atoms with Gasteiger partial charge in [-0.05, 0) is 29.7 Å². The number of aromatic nitrogens is 4. The highest BCUT2D eigenvalue weighted by Crippen LogP contribution is 2.37. The van der Waals surface area contributed by atoms with E-state index in [4.69, 9.17) is 15.0 Å². The minimum Gasteiger partial charge on any atom is -0.309 e. The van der Waals surface area contributed by atoms with Crippen LogP contribution in [-0.4, -0.2) is 19.5 Å².